The summed E-state index contributed by atoms with van der Waals surface area (Å²) >= 11 is 4.05. The number of nitrogens with zero attached hydrogens (tertiary/aromatic N) is 2. The molecule has 0 fully saturated rings. The molecule has 9 heteroatoms. The number of amides is 2. The maximum atomic E-state index is 11.6. The Morgan fingerprint density at radius 1 is 1.40 bits per heavy atom. The van der Waals surface area contributed by atoms with Crippen LogP contribution >= 0.6 is 12.6 Å². The largest absolute Gasteiger partial charge is 0.335 e. The maximum Gasteiger partial charge on any atom is 0.335 e. The lowest BCUT2D eigenvalue weighted by molar-refractivity contribution is 0.256. The molecule has 0 spiro atoms. The van der Waals surface area contributed by atoms with Crippen molar-refractivity contribution in [2.75, 3.05) is 11.1 Å². The van der Waals surface area contributed by atoms with Gasteiger partial charge in [-0.1, -0.05) is 19.8 Å². The van der Waals surface area contributed by atoms with Crippen molar-refractivity contribution in [2.24, 2.45) is 0 Å². The molecule has 2 amide bonds. The van der Waals surface area contributed by atoms with E-state index in [4.69, 9.17) is 0 Å². The van der Waals surface area contributed by atoms with Crippen LogP contribution in [0.4, 0.5) is 10.7 Å². The third-order valence-electron chi connectivity index (χ3n) is 2.37. The SMILES string of the molecule is CCCCCS(=O)(=O)NC(=O)Nc1nccc(CS)n1. The molecule has 1 aromatic heterocycles. The Morgan fingerprint density at radius 3 is 2.80 bits per heavy atom. The van der Waals surface area contributed by atoms with Gasteiger partial charge in [-0.3, -0.25) is 5.32 Å². The first-order valence-corrected chi connectivity index (χ1v) is 8.49. The molecule has 0 aromatic carbocycles. The lowest BCUT2D eigenvalue weighted by Crippen LogP contribution is -2.36. The number of urea groups is 1. The second kappa shape index (κ2) is 8.05. The van der Waals surface area contributed by atoms with Crippen molar-refractivity contribution in [1.82, 2.24) is 14.7 Å². The van der Waals surface area contributed by atoms with Crippen LogP contribution in [0.25, 0.3) is 0 Å². The molecular weight excluding hydrogens is 300 g/mol. The highest BCUT2D eigenvalue weighted by Gasteiger charge is 2.14. The minimum Gasteiger partial charge on any atom is -0.275 e. The van der Waals surface area contributed by atoms with Gasteiger partial charge in [-0.05, 0) is 12.5 Å². The molecule has 7 nitrogen and oxygen atoms in total. The Morgan fingerprint density at radius 2 is 2.15 bits per heavy atom. The van der Waals surface area contributed by atoms with Crippen molar-refractivity contribution in [3.63, 3.8) is 0 Å². The molecule has 0 aliphatic rings. The molecule has 0 aliphatic heterocycles. The number of hydrogen-bond donors (Lipinski definition) is 3. The van der Waals surface area contributed by atoms with Crippen LogP contribution < -0.4 is 10.0 Å². The van der Waals surface area contributed by atoms with Crippen molar-refractivity contribution in [2.45, 2.75) is 31.9 Å². The predicted octanol–water partition coefficient (Wildman–Crippen LogP) is 1.55. The smallest absolute Gasteiger partial charge is 0.275 e. The van der Waals surface area contributed by atoms with Gasteiger partial charge in [-0.25, -0.2) is 27.9 Å². The zero-order chi connectivity index (χ0) is 15.0. The zero-order valence-corrected chi connectivity index (χ0v) is 12.9. The quantitative estimate of drug-likeness (QED) is 0.523. The third kappa shape index (κ3) is 6.20. The Kier molecular flexibility index (Phi) is 6.73. The van der Waals surface area contributed by atoms with Gasteiger partial charge in [0.1, 0.15) is 0 Å². The summed E-state index contributed by atoms with van der Waals surface area (Å²) in [4.78, 5) is 19.4. The monoisotopic (exact) mass is 318 g/mol. The fourth-order valence-corrected chi connectivity index (χ4v) is 2.60. The van der Waals surface area contributed by atoms with Gasteiger partial charge < -0.3 is 0 Å². The molecule has 1 heterocycles. The highest BCUT2D eigenvalue weighted by molar-refractivity contribution is 7.90. The average Bonchev–Trinajstić information content (AvgIpc) is 2.38. The van der Waals surface area contributed by atoms with Crippen LogP contribution in [0.3, 0.4) is 0 Å². The number of aromatic nitrogens is 2. The molecular formula is C11H18N4O3S2. The minimum atomic E-state index is -3.62. The van der Waals surface area contributed by atoms with E-state index in [1.165, 1.54) is 6.20 Å². The van der Waals surface area contributed by atoms with E-state index in [2.05, 4.69) is 27.9 Å². The van der Waals surface area contributed by atoms with E-state index in [1.54, 1.807) is 6.07 Å². The maximum absolute atomic E-state index is 11.6. The summed E-state index contributed by atoms with van der Waals surface area (Å²) in [6, 6.07) is 0.787. The Hall–Kier alpha value is -1.35. The number of nitrogens with one attached hydrogen (secondary N) is 2. The fourth-order valence-electron chi connectivity index (χ4n) is 1.41. The minimum absolute atomic E-state index is 0.0396. The van der Waals surface area contributed by atoms with Crippen molar-refractivity contribution < 1.29 is 13.2 Å². The summed E-state index contributed by atoms with van der Waals surface area (Å²) in [7, 11) is -3.62. The highest BCUT2D eigenvalue weighted by atomic mass is 32.2. The van der Waals surface area contributed by atoms with Crippen LogP contribution in [-0.2, 0) is 15.8 Å². The van der Waals surface area contributed by atoms with Crippen molar-refractivity contribution in [3.8, 4) is 0 Å². The molecule has 0 bridgehead atoms. The average molecular weight is 318 g/mol. The van der Waals surface area contributed by atoms with Crippen molar-refractivity contribution in [1.29, 1.82) is 0 Å². The number of hydrogen-bond acceptors (Lipinski definition) is 6. The molecule has 1 aromatic rings. The number of carbonyl (C=O) groups excluding carboxylic acids is 1. The summed E-state index contributed by atoms with van der Waals surface area (Å²) in [5, 5.41) is 2.28. The zero-order valence-electron chi connectivity index (χ0n) is 11.2. The summed E-state index contributed by atoms with van der Waals surface area (Å²) in [5.74, 6) is 0.359. The summed E-state index contributed by atoms with van der Waals surface area (Å²) in [5.41, 5.74) is 0.629. The molecule has 112 valence electrons. The molecule has 0 aliphatic carbocycles. The van der Waals surface area contributed by atoms with Gasteiger partial charge >= 0.3 is 6.03 Å². The number of rotatable bonds is 7. The topological polar surface area (TPSA) is 101 Å². The molecule has 2 N–H and O–H groups in total. The van der Waals surface area contributed by atoms with E-state index in [9.17, 15) is 13.2 Å². The van der Waals surface area contributed by atoms with Crippen LogP contribution in [0, 0.1) is 0 Å². The number of sulfonamides is 1. The Balaban J connectivity index is 2.54. The van der Waals surface area contributed by atoms with Crippen LogP contribution in [0.2, 0.25) is 0 Å². The number of thiol groups is 1. The van der Waals surface area contributed by atoms with E-state index in [0.717, 1.165) is 12.8 Å². The Labute approximate surface area is 124 Å². The van der Waals surface area contributed by atoms with E-state index in [0.29, 0.717) is 17.9 Å². The van der Waals surface area contributed by atoms with Gasteiger partial charge in [0.15, 0.2) is 0 Å². The number of anilines is 1. The fraction of sp³-hybridized carbons (Fsp3) is 0.545. The van der Waals surface area contributed by atoms with Crippen LogP contribution in [0.5, 0.6) is 0 Å². The summed E-state index contributed by atoms with van der Waals surface area (Å²) in [6.07, 6.45) is 3.69. The first-order chi connectivity index (χ1) is 9.46. The van der Waals surface area contributed by atoms with Gasteiger partial charge in [0.05, 0.1) is 11.4 Å². The van der Waals surface area contributed by atoms with E-state index in [1.807, 2.05) is 11.6 Å². The van der Waals surface area contributed by atoms with Gasteiger partial charge in [-0.15, -0.1) is 0 Å². The standard InChI is InChI=1S/C11H18N4O3S2/c1-2-3-4-7-20(17,18)15-11(16)14-10-12-6-5-9(8-19)13-10/h5-6,19H,2-4,7-8H2,1H3,(H2,12,13,14,15,16). The second-order valence-electron chi connectivity index (χ2n) is 4.11. The van der Waals surface area contributed by atoms with Crippen LogP contribution in [0.15, 0.2) is 12.3 Å². The van der Waals surface area contributed by atoms with Crippen molar-refractivity contribution >= 4 is 34.6 Å². The number of carbonyl (C=O) groups is 1. The lowest BCUT2D eigenvalue weighted by Gasteiger charge is -2.07. The first-order valence-electron chi connectivity index (χ1n) is 6.21. The summed E-state index contributed by atoms with van der Waals surface area (Å²) < 4.78 is 25.1. The van der Waals surface area contributed by atoms with Gasteiger partial charge in [0.25, 0.3) is 0 Å². The van der Waals surface area contributed by atoms with Gasteiger partial charge in [0.2, 0.25) is 16.0 Å². The lowest BCUT2D eigenvalue weighted by atomic mass is 10.3. The molecule has 20 heavy (non-hydrogen) atoms. The molecule has 1 rings (SSSR count). The van der Waals surface area contributed by atoms with E-state index in [-0.39, 0.29) is 11.7 Å². The number of unbranched alkanes of at least 4 members (excludes halogenated alkanes) is 2. The van der Waals surface area contributed by atoms with Crippen LogP contribution in [0.1, 0.15) is 31.9 Å². The van der Waals surface area contributed by atoms with Crippen molar-refractivity contribution in [3.05, 3.63) is 18.0 Å². The van der Waals surface area contributed by atoms with Gasteiger partial charge in [0, 0.05) is 11.9 Å². The Bertz CT molecular complexity index is 548. The first kappa shape index (κ1) is 16.7. The van der Waals surface area contributed by atoms with Crippen LogP contribution in [-0.4, -0.2) is 30.2 Å². The third-order valence-corrected chi connectivity index (χ3v) is 4.01. The second-order valence-corrected chi connectivity index (χ2v) is 6.27. The van der Waals surface area contributed by atoms with Gasteiger partial charge in [-0.2, -0.15) is 12.6 Å². The molecule has 0 saturated heterocycles. The molecule has 0 radical (unpaired) electrons. The molecule has 0 saturated carbocycles. The normalized spacial score (nSPS) is 11.1. The summed E-state index contributed by atoms with van der Waals surface area (Å²) in [6.45, 7) is 1.97. The molecule has 0 unspecified atom stereocenters. The highest BCUT2D eigenvalue weighted by Crippen LogP contribution is 2.03. The predicted molar refractivity (Wildman–Crippen MR) is 80.2 cm³/mol. The molecule has 0 atom stereocenters. The van der Waals surface area contributed by atoms with E-state index < -0.39 is 16.1 Å². The van der Waals surface area contributed by atoms with E-state index >= 15 is 0 Å².